The Hall–Kier alpha value is -2.63. The van der Waals surface area contributed by atoms with Crippen LogP contribution in [0, 0.1) is 11.8 Å². The van der Waals surface area contributed by atoms with Gasteiger partial charge in [0.2, 0.25) is 5.91 Å². The number of amides is 2. The summed E-state index contributed by atoms with van der Waals surface area (Å²) in [4.78, 5) is 38.1. The summed E-state index contributed by atoms with van der Waals surface area (Å²) >= 11 is 0. The van der Waals surface area contributed by atoms with Gasteiger partial charge in [0, 0.05) is 24.3 Å². The Bertz CT molecular complexity index is 705. The number of rotatable bonds is 4. The highest BCUT2D eigenvalue weighted by Gasteiger charge is 2.33. The third kappa shape index (κ3) is 4.12. The van der Waals surface area contributed by atoms with Crippen LogP contribution in [0.25, 0.3) is 0 Å². The SMILES string of the molecule is O=C(O)[C@H]1CC=CC[C@@H]1C(=O)Nc1ccc(C(=O)N2CCCCC2)cc1. The number of likely N-dealkylation sites (tertiary alicyclic amines) is 1. The minimum Gasteiger partial charge on any atom is -0.481 e. The minimum atomic E-state index is -0.947. The molecule has 1 heterocycles. The Morgan fingerprint density at radius 2 is 1.54 bits per heavy atom. The molecular formula is C20H24N2O4. The van der Waals surface area contributed by atoms with E-state index in [2.05, 4.69) is 5.32 Å². The van der Waals surface area contributed by atoms with Crippen molar-refractivity contribution in [3.8, 4) is 0 Å². The van der Waals surface area contributed by atoms with Crippen LogP contribution in [0.15, 0.2) is 36.4 Å². The molecule has 1 saturated heterocycles. The standard InChI is InChI=1S/C20H24N2O4/c23-18(16-6-2-3-7-17(16)20(25)26)21-15-10-8-14(9-11-15)19(24)22-12-4-1-5-13-22/h2-3,8-11,16-17H,1,4-7,12-13H2,(H,21,23)(H,25,26)/t16-,17-/m0/s1. The van der Waals surface area contributed by atoms with E-state index in [4.69, 9.17) is 0 Å². The highest BCUT2D eigenvalue weighted by atomic mass is 16.4. The van der Waals surface area contributed by atoms with Crippen molar-refractivity contribution >= 4 is 23.5 Å². The molecule has 0 saturated carbocycles. The molecule has 1 aliphatic heterocycles. The number of hydrogen-bond donors (Lipinski definition) is 2. The Morgan fingerprint density at radius 3 is 2.15 bits per heavy atom. The number of nitrogens with zero attached hydrogens (tertiary/aromatic N) is 1. The first kappa shape index (κ1) is 18.2. The number of carbonyl (C=O) groups is 3. The number of allylic oxidation sites excluding steroid dienone is 2. The lowest BCUT2D eigenvalue weighted by Gasteiger charge is -2.27. The second-order valence-corrected chi connectivity index (χ2v) is 6.91. The molecule has 2 N–H and O–H groups in total. The summed E-state index contributed by atoms with van der Waals surface area (Å²) in [6, 6.07) is 6.82. The van der Waals surface area contributed by atoms with E-state index in [1.807, 2.05) is 17.1 Å². The predicted molar refractivity (Wildman–Crippen MR) is 97.8 cm³/mol. The molecule has 0 aromatic heterocycles. The molecule has 6 nitrogen and oxygen atoms in total. The second-order valence-electron chi connectivity index (χ2n) is 6.91. The Balaban J connectivity index is 1.63. The predicted octanol–water partition coefficient (Wildman–Crippen LogP) is 2.92. The molecule has 0 unspecified atom stereocenters. The molecule has 2 aliphatic rings. The van der Waals surface area contributed by atoms with E-state index < -0.39 is 17.8 Å². The van der Waals surface area contributed by atoms with Crippen LogP contribution in [0.5, 0.6) is 0 Å². The van der Waals surface area contributed by atoms with Crippen LogP contribution in [-0.2, 0) is 9.59 Å². The van der Waals surface area contributed by atoms with Gasteiger partial charge in [-0.3, -0.25) is 14.4 Å². The number of anilines is 1. The third-order valence-electron chi connectivity index (χ3n) is 5.13. The summed E-state index contributed by atoms with van der Waals surface area (Å²) in [7, 11) is 0. The topological polar surface area (TPSA) is 86.7 Å². The largest absolute Gasteiger partial charge is 0.481 e. The summed E-state index contributed by atoms with van der Waals surface area (Å²) < 4.78 is 0. The number of carbonyl (C=O) groups excluding carboxylic acids is 2. The van der Waals surface area contributed by atoms with E-state index in [-0.39, 0.29) is 11.8 Å². The van der Waals surface area contributed by atoms with Crippen LogP contribution >= 0.6 is 0 Å². The molecule has 1 aliphatic carbocycles. The number of carboxylic acids is 1. The number of benzene rings is 1. The fraction of sp³-hybridized carbons (Fsp3) is 0.450. The number of hydrogen-bond acceptors (Lipinski definition) is 3. The lowest BCUT2D eigenvalue weighted by atomic mass is 9.82. The summed E-state index contributed by atoms with van der Waals surface area (Å²) in [6.07, 6.45) is 7.71. The molecule has 1 aromatic rings. The van der Waals surface area contributed by atoms with Crippen LogP contribution < -0.4 is 5.32 Å². The molecule has 0 bridgehead atoms. The maximum Gasteiger partial charge on any atom is 0.307 e. The zero-order chi connectivity index (χ0) is 18.5. The maximum atomic E-state index is 12.5. The minimum absolute atomic E-state index is 0.0194. The highest BCUT2D eigenvalue weighted by molar-refractivity contribution is 5.97. The number of nitrogens with one attached hydrogen (secondary N) is 1. The molecule has 1 fully saturated rings. The molecule has 0 spiro atoms. The zero-order valence-corrected chi connectivity index (χ0v) is 14.7. The van der Waals surface area contributed by atoms with Crippen molar-refractivity contribution in [2.75, 3.05) is 18.4 Å². The average Bonchev–Trinajstić information content (AvgIpc) is 2.68. The lowest BCUT2D eigenvalue weighted by molar-refractivity contribution is -0.146. The molecule has 2 amide bonds. The van der Waals surface area contributed by atoms with Gasteiger partial charge in [0.15, 0.2) is 0 Å². The normalized spacial score (nSPS) is 22.7. The van der Waals surface area contributed by atoms with Crippen LogP contribution in [0.3, 0.4) is 0 Å². The molecule has 1 aromatic carbocycles. The van der Waals surface area contributed by atoms with Crippen molar-refractivity contribution in [3.63, 3.8) is 0 Å². The van der Waals surface area contributed by atoms with Crippen LogP contribution in [0.4, 0.5) is 5.69 Å². The summed E-state index contributed by atoms with van der Waals surface area (Å²) in [5.74, 6) is -2.49. The van der Waals surface area contributed by atoms with Gasteiger partial charge in [0.05, 0.1) is 11.8 Å². The Morgan fingerprint density at radius 1 is 0.923 bits per heavy atom. The van der Waals surface area contributed by atoms with Gasteiger partial charge in [-0.1, -0.05) is 12.2 Å². The van der Waals surface area contributed by atoms with E-state index in [1.54, 1.807) is 24.3 Å². The van der Waals surface area contributed by atoms with Crippen LogP contribution in [-0.4, -0.2) is 40.9 Å². The van der Waals surface area contributed by atoms with E-state index in [9.17, 15) is 19.5 Å². The molecule has 2 atom stereocenters. The summed E-state index contributed by atoms with van der Waals surface area (Å²) in [5, 5.41) is 12.1. The van der Waals surface area contributed by atoms with Crippen molar-refractivity contribution in [1.82, 2.24) is 4.90 Å². The van der Waals surface area contributed by atoms with Gasteiger partial charge in [-0.2, -0.15) is 0 Å². The van der Waals surface area contributed by atoms with Crippen molar-refractivity contribution in [2.45, 2.75) is 32.1 Å². The summed E-state index contributed by atoms with van der Waals surface area (Å²) in [5.41, 5.74) is 1.18. The molecule has 3 rings (SSSR count). The molecular weight excluding hydrogens is 332 g/mol. The van der Waals surface area contributed by atoms with Crippen molar-refractivity contribution in [3.05, 3.63) is 42.0 Å². The van der Waals surface area contributed by atoms with Crippen LogP contribution in [0.2, 0.25) is 0 Å². The quantitative estimate of drug-likeness (QED) is 0.812. The molecule has 0 radical (unpaired) electrons. The lowest BCUT2D eigenvalue weighted by Crippen LogP contribution is -2.35. The number of piperidine rings is 1. The van der Waals surface area contributed by atoms with E-state index in [0.29, 0.717) is 24.1 Å². The zero-order valence-electron chi connectivity index (χ0n) is 14.7. The van der Waals surface area contributed by atoms with Gasteiger partial charge in [0.25, 0.3) is 5.91 Å². The van der Waals surface area contributed by atoms with Gasteiger partial charge in [-0.05, 0) is 56.4 Å². The van der Waals surface area contributed by atoms with E-state index in [1.165, 1.54) is 6.42 Å². The highest BCUT2D eigenvalue weighted by Crippen LogP contribution is 2.27. The first-order chi connectivity index (χ1) is 12.6. The first-order valence-corrected chi connectivity index (χ1v) is 9.14. The average molecular weight is 356 g/mol. The van der Waals surface area contributed by atoms with E-state index >= 15 is 0 Å². The fourth-order valence-electron chi connectivity index (χ4n) is 3.59. The van der Waals surface area contributed by atoms with Crippen molar-refractivity contribution in [2.24, 2.45) is 11.8 Å². The smallest absolute Gasteiger partial charge is 0.307 e. The summed E-state index contributed by atoms with van der Waals surface area (Å²) in [6.45, 7) is 1.59. The Labute approximate surface area is 152 Å². The Kier molecular flexibility index (Phi) is 5.71. The van der Waals surface area contributed by atoms with Gasteiger partial charge in [-0.25, -0.2) is 0 Å². The number of aliphatic carboxylic acids is 1. The third-order valence-corrected chi connectivity index (χ3v) is 5.13. The van der Waals surface area contributed by atoms with Gasteiger partial charge in [0.1, 0.15) is 0 Å². The van der Waals surface area contributed by atoms with Gasteiger partial charge >= 0.3 is 5.97 Å². The van der Waals surface area contributed by atoms with Gasteiger partial charge < -0.3 is 15.3 Å². The molecule has 6 heteroatoms. The van der Waals surface area contributed by atoms with Crippen molar-refractivity contribution < 1.29 is 19.5 Å². The fourth-order valence-corrected chi connectivity index (χ4v) is 3.59. The molecule has 138 valence electrons. The number of carboxylic acid groups (broad SMARTS) is 1. The van der Waals surface area contributed by atoms with Crippen LogP contribution in [0.1, 0.15) is 42.5 Å². The van der Waals surface area contributed by atoms with Crippen molar-refractivity contribution in [1.29, 1.82) is 0 Å². The first-order valence-electron chi connectivity index (χ1n) is 9.14. The maximum absolute atomic E-state index is 12.5. The second kappa shape index (κ2) is 8.17. The van der Waals surface area contributed by atoms with Gasteiger partial charge in [-0.15, -0.1) is 0 Å². The monoisotopic (exact) mass is 356 g/mol. The van der Waals surface area contributed by atoms with E-state index in [0.717, 1.165) is 25.9 Å². The molecule has 26 heavy (non-hydrogen) atoms.